The van der Waals surface area contributed by atoms with Crippen LogP contribution in [0, 0.1) is 23.7 Å². The van der Waals surface area contributed by atoms with E-state index in [-0.39, 0.29) is 125 Å². The van der Waals surface area contributed by atoms with Gasteiger partial charge in [0.1, 0.15) is 23.7 Å². The maximum absolute atomic E-state index is 14.2. The number of nitrogens with zero attached hydrogens (tertiary/aromatic N) is 2. The second kappa shape index (κ2) is 38.9. The van der Waals surface area contributed by atoms with Gasteiger partial charge in [0.2, 0.25) is 20.0 Å². The van der Waals surface area contributed by atoms with E-state index in [0.29, 0.717) is 26.1 Å². The van der Waals surface area contributed by atoms with E-state index in [4.69, 9.17) is 56.7 Å². The molecule has 0 unspecified atom stereocenters. The van der Waals surface area contributed by atoms with Crippen LogP contribution in [0.1, 0.15) is 77.6 Å². The number of rotatable bonds is 34. The first-order valence-electron chi connectivity index (χ1n) is 33.1. The van der Waals surface area contributed by atoms with Crippen LogP contribution in [-0.2, 0) is 92.7 Å². The predicted molar refractivity (Wildman–Crippen MR) is 381 cm³/mol. The number of carbonyl (C=O) groups excluding carboxylic acids is 2. The number of ether oxygens (including phenoxy) is 8. The van der Waals surface area contributed by atoms with Crippen molar-refractivity contribution in [2.24, 2.45) is 23.7 Å². The Labute approximate surface area is 599 Å². The first kappa shape index (κ1) is 82.6. The van der Waals surface area contributed by atoms with Crippen molar-refractivity contribution < 1.29 is 102 Å². The molecule has 0 spiro atoms. The third kappa shape index (κ3) is 24.7. The number of amides is 2. The first-order chi connectivity index (χ1) is 47.8. The number of aliphatic hydroxyl groups excluding tert-OH is 2. The number of hydrogen-bond acceptors (Lipinski definition) is 20. The van der Waals surface area contributed by atoms with Gasteiger partial charge in [-0.1, -0.05) is 164 Å². The van der Waals surface area contributed by atoms with Gasteiger partial charge in [0.25, 0.3) is 0 Å². The Kier molecular flexibility index (Phi) is 31.5. The highest BCUT2D eigenvalue weighted by molar-refractivity contribution is 7.89. The molecule has 6 aromatic rings. The van der Waals surface area contributed by atoms with E-state index >= 15 is 0 Å². The number of carbonyl (C=O) groups is 2. The molecule has 4 fully saturated rings. The van der Waals surface area contributed by atoms with Crippen LogP contribution in [0.4, 0.5) is 9.59 Å². The third-order valence-electron chi connectivity index (χ3n) is 16.8. The molecule has 26 nitrogen and oxygen atoms in total. The maximum Gasteiger partial charge on any atom is 0.407 e. The van der Waals surface area contributed by atoms with Gasteiger partial charge in [-0.3, -0.25) is 9.13 Å². The van der Waals surface area contributed by atoms with Crippen molar-refractivity contribution in [2.45, 2.75) is 140 Å². The Balaban J connectivity index is 0.000000291. The van der Waals surface area contributed by atoms with Crippen molar-refractivity contribution in [1.82, 2.24) is 19.2 Å². The quantitative estimate of drug-likeness (QED) is 0.0204. The summed E-state index contributed by atoms with van der Waals surface area (Å²) in [5.41, 5.74) is 3.28. The lowest BCUT2D eigenvalue weighted by molar-refractivity contribution is -0.0909. The van der Waals surface area contributed by atoms with Crippen LogP contribution < -0.4 is 20.1 Å². The molecule has 2 amide bonds. The van der Waals surface area contributed by atoms with Crippen LogP contribution >= 0.6 is 15.2 Å². The molecule has 10 rings (SSSR count). The summed E-state index contributed by atoms with van der Waals surface area (Å²) in [6, 6.07) is 46.2. The third-order valence-corrected chi connectivity index (χ3v) is 22.4. The van der Waals surface area contributed by atoms with Gasteiger partial charge < -0.3 is 77.6 Å². The van der Waals surface area contributed by atoms with Crippen molar-refractivity contribution in [3.8, 4) is 11.5 Å². The largest absolute Gasteiger partial charge is 0.481 e. The van der Waals surface area contributed by atoms with E-state index in [1.807, 2.05) is 149 Å². The minimum absolute atomic E-state index is 0. The van der Waals surface area contributed by atoms with Crippen molar-refractivity contribution >= 4 is 47.4 Å². The minimum atomic E-state index is -4.41. The summed E-state index contributed by atoms with van der Waals surface area (Å²) in [7, 11) is -16.5. The van der Waals surface area contributed by atoms with Crippen LogP contribution in [0.15, 0.2) is 180 Å². The molecule has 0 bridgehead atoms. The van der Waals surface area contributed by atoms with Gasteiger partial charge in [-0.05, 0) is 108 Å². The summed E-state index contributed by atoms with van der Waals surface area (Å²) in [4.78, 5) is 44.1. The van der Waals surface area contributed by atoms with Gasteiger partial charge in [0.15, 0.2) is 25.3 Å². The molecule has 0 aliphatic carbocycles. The summed E-state index contributed by atoms with van der Waals surface area (Å²) in [6.45, 7) is 8.55. The van der Waals surface area contributed by atoms with Crippen molar-refractivity contribution in [3.05, 3.63) is 192 Å². The standard InChI is InChI=1S/C42H51N2O11PS.C28H39N2O11PS.2CH4/c1-31(2)25-44(26-39(45)38(24-32-12-6-3-7-13-32)43-42(46)55-40-29-51-41-37(40)22-23-50-41)57(48,49)36-20-18-35(19-21-36)52-30-56(47,53-27-33-14-8-4-9-15-33)54-28-34-16-10-5-11-17-34;1-19(2)15-30(43(36,37)22-10-8-21(9-11-22)40-18-42(33,34)35)16-25(31)24(14-20-6-4-3-5-7-20)29-28(32)41-26-17-39-27-23(26)12-13-38-27;;/h3-21,31,37-41,45H,22-30H2,1-2H3,(H,43,46);3-11,19,23-27,31H,12-18H2,1-2H3,(H,29,32)(H2,33,34,35);2*1H4/t37-,38-,39+,40-,41+;23-,24-,25+,26-,27+;;/m00../s1. The number of aliphatic hydroxyl groups is 2. The van der Waals surface area contributed by atoms with E-state index in [1.165, 1.54) is 52.8 Å². The summed E-state index contributed by atoms with van der Waals surface area (Å²) in [5.74, 6) is 0.0226. The highest BCUT2D eigenvalue weighted by Crippen LogP contribution is 2.50. The molecule has 6 N–H and O–H groups in total. The van der Waals surface area contributed by atoms with E-state index in [9.17, 15) is 45.8 Å². The smallest absolute Gasteiger partial charge is 0.407 e. The normalized spacial score (nSPS) is 20.0. The molecule has 560 valence electrons. The van der Waals surface area contributed by atoms with Crippen LogP contribution in [0.5, 0.6) is 11.5 Å². The summed E-state index contributed by atoms with van der Waals surface area (Å²) in [6.07, 6.45) is -5.27. The predicted octanol–water partition coefficient (Wildman–Crippen LogP) is 10.3. The average Bonchev–Trinajstić information content (AvgIpc) is 1.32. The SMILES string of the molecule is C.C.CC(C)CN(C[C@@H](O)[C@H](Cc1ccccc1)NC(=O)O[C@H]1CO[C@H]2OCC[C@H]21)S(=O)(=O)c1ccc(OCP(=O)(O)O)cc1.CC(C)CN(C[C@@H](O)[C@H](Cc1ccccc1)NC(=O)O[C@H]1CO[C@H]2OCC[C@H]21)S(=O)(=O)c1ccc(OCP(=O)(OCc2ccccc2)OCc2ccccc2)cc1. The van der Waals surface area contributed by atoms with Crippen molar-refractivity contribution in [2.75, 3.05) is 65.3 Å². The number of hydrogen-bond donors (Lipinski definition) is 6. The van der Waals surface area contributed by atoms with Crippen molar-refractivity contribution in [1.29, 1.82) is 0 Å². The fourth-order valence-corrected chi connectivity index (χ4v) is 16.5. The molecule has 6 aromatic carbocycles. The summed E-state index contributed by atoms with van der Waals surface area (Å²) < 4.78 is 139. The molecule has 0 saturated carbocycles. The molecule has 4 heterocycles. The topological polar surface area (TPSA) is 340 Å². The van der Waals surface area contributed by atoms with Gasteiger partial charge in [0.05, 0.1) is 85.6 Å². The van der Waals surface area contributed by atoms with E-state index in [1.54, 1.807) is 0 Å². The molecule has 102 heavy (non-hydrogen) atoms. The zero-order valence-electron chi connectivity index (χ0n) is 56.2. The summed E-state index contributed by atoms with van der Waals surface area (Å²) in [5, 5.41) is 28.6. The Morgan fingerprint density at radius 3 is 1.19 bits per heavy atom. The Morgan fingerprint density at radius 1 is 0.500 bits per heavy atom. The minimum Gasteiger partial charge on any atom is -0.481 e. The van der Waals surface area contributed by atoms with Crippen molar-refractivity contribution in [3.63, 3.8) is 0 Å². The highest BCUT2D eigenvalue weighted by Gasteiger charge is 2.46. The van der Waals surface area contributed by atoms with Crippen LogP contribution in [0.25, 0.3) is 0 Å². The highest BCUT2D eigenvalue weighted by atomic mass is 32.2. The number of fused-ring (bicyclic) bond motifs is 2. The molecule has 4 saturated heterocycles. The second-order valence-corrected chi connectivity index (χ2v) is 33.1. The lowest BCUT2D eigenvalue weighted by Crippen LogP contribution is -2.51. The molecule has 30 heteroatoms. The molecular formula is C72H98N4O22P2S2. The maximum atomic E-state index is 14.2. The fourth-order valence-electron chi connectivity index (χ4n) is 11.7. The molecule has 0 radical (unpaired) electrons. The lowest BCUT2D eigenvalue weighted by atomic mass is 10.0. The number of benzene rings is 6. The van der Waals surface area contributed by atoms with Gasteiger partial charge >= 0.3 is 27.4 Å². The Hall–Kier alpha value is -6.66. The molecule has 0 aromatic heterocycles. The zero-order valence-corrected chi connectivity index (χ0v) is 59.6. The monoisotopic (exact) mass is 1500 g/mol. The lowest BCUT2D eigenvalue weighted by Gasteiger charge is -2.31. The molecule has 4 aliphatic heterocycles. The Morgan fingerprint density at radius 2 is 0.843 bits per heavy atom. The molecular weight excluding hydrogens is 1400 g/mol. The average molecular weight is 1500 g/mol. The number of nitrogens with one attached hydrogen (secondary N) is 2. The van der Waals surface area contributed by atoms with Gasteiger partial charge in [-0.2, -0.15) is 8.61 Å². The van der Waals surface area contributed by atoms with E-state index in [2.05, 4.69) is 10.6 Å². The zero-order chi connectivity index (χ0) is 71.5. The van der Waals surface area contributed by atoms with E-state index < -0.39 is 109 Å². The molecule has 4 aliphatic rings. The van der Waals surface area contributed by atoms with Gasteiger partial charge in [-0.15, -0.1) is 0 Å². The first-order valence-corrected chi connectivity index (χ1v) is 39.5. The molecule has 10 atom stereocenters. The van der Waals surface area contributed by atoms with E-state index in [0.717, 1.165) is 26.6 Å². The fraction of sp³-hybridized carbons (Fsp3) is 0.472. The summed E-state index contributed by atoms with van der Waals surface area (Å²) >= 11 is 0. The number of alkyl carbamates (subject to hydrolysis) is 2. The van der Waals surface area contributed by atoms with Gasteiger partial charge in [0, 0.05) is 26.2 Å². The Bertz CT molecular complexity index is 3810. The second-order valence-electron chi connectivity index (χ2n) is 25.7. The number of sulfonamides is 2. The van der Waals surface area contributed by atoms with Crippen LogP contribution in [0.2, 0.25) is 0 Å². The van der Waals surface area contributed by atoms with Crippen LogP contribution in [0.3, 0.4) is 0 Å². The van der Waals surface area contributed by atoms with Crippen LogP contribution in [-0.4, -0.2) is 172 Å². The van der Waals surface area contributed by atoms with Gasteiger partial charge in [-0.25, -0.2) is 26.4 Å².